The van der Waals surface area contributed by atoms with Crippen LogP contribution in [0.25, 0.3) is 0 Å². The number of nitrogens with one attached hydrogen (secondary N) is 1. The van der Waals surface area contributed by atoms with Crippen LogP contribution < -0.4 is 10.1 Å². The van der Waals surface area contributed by atoms with Gasteiger partial charge in [0.15, 0.2) is 0 Å². The summed E-state index contributed by atoms with van der Waals surface area (Å²) in [6.45, 7) is 7.85. The molecule has 0 bridgehead atoms. The van der Waals surface area contributed by atoms with Gasteiger partial charge < -0.3 is 14.8 Å². The van der Waals surface area contributed by atoms with E-state index in [1.54, 1.807) is 0 Å². The molecule has 0 spiro atoms. The summed E-state index contributed by atoms with van der Waals surface area (Å²) in [5.74, 6) is 1.64. The first-order valence-corrected chi connectivity index (χ1v) is 7.89. The summed E-state index contributed by atoms with van der Waals surface area (Å²) >= 11 is 0. The van der Waals surface area contributed by atoms with Crippen molar-refractivity contribution in [1.82, 2.24) is 5.32 Å². The molecule has 3 heteroatoms. The van der Waals surface area contributed by atoms with E-state index >= 15 is 0 Å². The lowest BCUT2D eigenvalue weighted by Crippen LogP contribution is -2.32. The van der Waals surface area contributed by atoms with Gasteiger partial charge >= 0.3 is 0 Å². The van der Waals surface area contributed by atoms with Crippen molar-refractivity contribution in [2.45, 2.75) is 39.2 Å². The van der Waals surface area contributed by atoms with E-state index in [9.17, 15) is 0 Å². The van der Waals surface area contributed by atoms with Crippen molar-refractivity contribution in [2.24, 2.45) is 5.92 Å². The molecule has 1 fully saturated rings. The maximum absolute atomic E-state index is 5.76. The lowest BCUT2D eigenvalue weighted by molar-refractivity contribution is 0.0538. The topological polar surface area (TPSA) is 30.5 Å². The molecule has 3 nitrogen and oxygen atoms in total. The summed E-state index contributed by atoms with van der Waals surface area (Å²) in [5.41, 5.74) is 1.34. The van der Waals surface area contributed by atoms with Crippen molar-refractivity contribution in [1.29, 1.82) is 0 Å². The summed E-state index contributed by atoms with van der Waals surface area (Å²) in [6.07, 6.45) is 3.32. The Bertz CT molecular complexity index is 388. The summed E-state index contributed by atoms with van der Waals surface area (Å²) in [4.78, 5) is 0. The van der Waals surface area contributed by atoms with Crippen molar-refractivity contribution >= 4 is 0 Å². The van der Waals surface area contributed by atoms with Crippen LogP contribution in [0.5, 0.6) is 5.75 Å². The van der Waals surface area contributed by atoms with E-state index < -0.39 is 0 Å². The van der Waals surface area contributed by atoms with Gasteiger partial charge in [0, 0.05) is 19.3 Å². The number of benzene rings is 1. The maximum atomic E-state index is 5.76. The van der Waals surface area contributed by atoms with E-state index in [2.05, 4.69) is 37.4 Å². The predicted octanol–water partition coefficient (Wildman–Crippen LogP) is 3.55. The van der Waals surface area contributed by atoms with E-state index in [4.69, 9.17) is 9.47 Å². The zero-order chi connectivity index (χ0) is 14.2. The monoisotopic (exact) mass is 277 g/mol. The van der Waals surface area contributed by atoms with Gasteiger partial charge in [0.2, 0.25) is 0 Å². The first-order valence-electron chi connectivity index (χ1n) is 7.89. The largest absolute Gasteiger partial charge is 0.494 e. The van der Waals surface area contributed by atoms with Crippen molar-refractivity contribution in [2.75, 3.05) is 26.4 Å². The van der Waals surface area contributed by atoms with Crippen LogP contribution in [0.4, 0.5) is 0 Å². The molecule has 1 aromatic rings. The van der Waals surface area contributed by atoms with Gasteiger partial charge in [-0.2, -0.15) is 0 Å². The van der Waals surface area contributed by atoms with Crippen LogP contribution in [-0.4, -0.2) is 26.4 Å². The Balaban J connectivity index is 2.10. The first-order chi connectivity index (χ1) is 9.85. The molecule has 112 valence electrons. The minimum atomic E-state index is 0.411. The first kappa shape index (κ1) is 15.3. The molecule has 1 atom stereocenters. The molecule has 0 amide bonds. The summed E-state index contributed by atoms with van der Waals surface area (Å²) in [5, 5.41) is 3.64. The fourth-order valence-corrected chi connectivity index (χ4v) is 2.84. The fraction of sp³-hybridized carbons (Fsp3) is 0.647. The molecule has 0 saturated carbocycles. The second kappa shape index (κ2) is 8.28. The molecule has 1 aromatic carbocycles. The van der Waals surface area contributed by atoms with E-state index in [-0.39, 0.29) is 0 Å². The molecule has 1 aliphatic heterocycles. The molecule has 2 rings (SSSR count). The standard InChI is InChI=1S/C17H27NO2/c1-3-10-20-16-7-5-6-15(13-16)17(18-4-2)14-8-11-19-12-9-14/h5-7,13-14,17-18H,3-4,8-12H2,1-2H3. The summed E-state index contributed by atoms with van der Waals surface area (Å²) in [7, 11) is 0. The molecule has 1 N–H and O–H groups in total. The lowest BCUT2D eigenvalue weighted by atomic mass is 9.87. The normalized spacial score (nSPS) is 17.9. The van der Waals surface area contributed by atoms with Gasteiger partial charge in [-0.3, -0.25) is 0 Å². The number of ether oxygens (including phenoxy) is 2. The van der Waals surface area contributed by atoms with Gasteiger partial charge in [-0.15, -0.1) is 0 Å². The Morgan fingerprint density at radius 1 is 1.30 bits per heavy atom. The van der Waals surface area contributed by atoms with Crippen LogP contribution in [0, 0.1) is 5.92 Å². The average Bonchev–Trinajstić information content (AvgIpc) is 2.52. The molecule has 1 unspecified atom stereocenters. The van der Waals surface area contributed by atoms with E-state index in [1.165, 1.54) is 5.56 Å². The zero-order valence-electron chi connectivity index (χ0n) is 12.7. The third-order valence-electron chi connectivity index (χ3n) is 3.85. The lowest BCUT2D eigenvalue weighted by Gasteiger charge is -2.31. The van der Waals surface area contributed by atoms with E-state index in [0.29, 0.717) is 12.0 Å². The van der Waals surface area contributed by atoms with Crippen LogP contribution in [0.3, 0.4) is 0 Å². The smallest absolute Gasteiger partial charge is 0.119 e. The zero-order valence-corrected chi connectivity index (χ0v) is 12.7. The van der Waals surface area contributed by atoms with Crippen molar-refractivity contribution < 1.29 is 9.47 Å². The summed E-state index contributed by atoms with van der Waals surface area (Å²) in [6, 6.07) is 8.96. The minimum absolute atomic E-state index is 0.411. The van der Waals surface area contributed by atoms with Crippen LogP contribution >= 0.6 is 0 Å². The molecule has 1 heterocycles. The molecule has 0 aromatic heterocycles. The highest BCUT2D eigenvalue weighted by Crippen LogP contribution is 2.31. The molecule has 0 radical (unpaired) electrons. The Morgan fingerprint density at radius 3 is 2.80 bits per heavy atom. The SMILES string of the molecule is CCCOc1cccc(C(NCC)C2CCOCC2)c1. The average molecular weight is 277 g/mol. The van der Waals surface area contributed by atoms with Gasteiger partial charge in [0.05, 0.1) is 6.61 Å². The van der Waals surface area contributed by atoms with Gasteiger partial charge in [0.25, 0.3) is 0 Å². The summed E-state index contributed by atoms with van der Waals surface area (Å²) < 4.78 is 11.2. The number of rotatable bonds is 7. The maximum Gasteiger partial charge on any atom is 0.119 e. The minimum Gasteiger partial charge on any atom is -0.494 e. The molecule has 0 aliphatic carbocycles. The third kappa shape index (κ3) is 4.22. The molecular weight excluding hydrogens is 250 g/mol. The van der Waals surface area contributed by atoms with E-state index in [1.807, 2.05) is 6.07 Å². The quantitative estimate of drug-likeness (QED) is 0.826. The third-order valence-corrected chi connectivity index (χ3v) is 3.85. The molecule has 1 aliphatic rings. The van der Waals surface area contributed by atoms with Crippen molar-refractivity contribution in [3.63, 3.8) is 0 Å². The second-order valence-corrected chi connectivity index (χ2v) is 5.41. The highest BCUT2D eigenvalue weighted by atomic mass is 16.5. The Labute approximate surface area is 122 Å². The predicted molar refractivity (Wildman–Crippen MR) is 82.2 cm³/mol. The number of hydrogen-bond donors (Lipinski definition) is 1. The fourth-order valence-electron chi connectivity index (χ4n) is 2.84. The van der Waals surface area contributed by atoms with Gasteiger partial charge in [-0.1, -0.05) is 26.0 Å². The Morgan fingerprint density at radius 2 is 2.10 bits per heavy atom. The van der Waals surface area contributed by atoms with Crippen molar-refractivity contribution in [3.05, 3.63) is 29.8 Å². The highest BCUT2D eigenvalue weighted by molar-refractivity contribution is 5.31. The van der Waals surface area contributed by atoms with Gasteiger partial charge in [-0.25, -0.2) is 0 Å². The van der Waals surface area contributed by atoms with Crippen LogP contribution in [0.2, 0.25) is 0 Å². The Hall–Kier alpha value is -1.06. The van der Waals surface area contributed by atoms with E-state index in [0.717, 1.165) is 51.4 Å². The van der Waals surface area contributed by atoms with Crippen LogP contribution in [0.1, 0.15) is 44.7 Å². The van der Waals surface area contributed by atoms with Gasteiger partial charge in [-0.05, 0) is 49.4 Å². The molecular formula is C17H27NO2. The van der Waals surface area contributed by atoms with Gasteiger partial charge in [0.1, 0.15) is 5.75 Å². The molecule has 1 saturated heterocycles. The van der Waals surface area contributed by atoms with Crippen LogP contribution in [0.15, 0.2) is 24.3 Å². The second-order valence-electron chi connectivity index (χ2n) is 5.41. The highest BCUT2D eigenvalue weighted by Gasteiger charge is 2.24. The van der Waals surface area contributed by atoms with Crippen LogP contribution in [-0.2, 0) is 4.74 Å². The molecule has 20 heavy (non-hydrogen) atoms. The van der Waals surface area contributed by atoms with Crippen molar-refractivity contribution in [3.8, 4) is 5.75 Å². The number of hydrogen-bond acceptors (Lipinski definition) is 3. The Kier molecular flexibility index (Phi) is 6.34.